The number of carbonyl (C=O) groups is 1. The van der Waals surface area contributed by atoms with E-state index in [0.717, 1.165) is 24.0 Å². The Morgan fingerprint density at radius 3 is 2.30 bits per heavy atom. The normalized spacial score (nSPS) is 16.3. The van der Waals surface area contributed by atoms with Crippen molar-refractivity contribution in [2.24, 2.45) is 5.41 Å². The first kappa shape index (κ1) is 22.3. The standard InChI is InChI=1S/C23H29NO5S/c1-19-8-10-21(11-9-19)30(26,27)29-17-14-23(2)12-15-24(16-13-23)22(25)28-18-20-6-4-3-5-7-20/h3-11H,12-18H2,1-2H3. The van der Waals surface area contributed by atoms with Crippen molar-refractivity contribution in [3.05, 3.63) is 65.7 Å². The minimum atomic E-state index is -3.75. The molecule has 162 valence electrons. The van der Waals surface area contributed by atoms with Gasteiger partial charge in [-0.1, -0.05) is 55.0 Å². The highest BCUT2D eigenvalue weighted by molar-refractivity contribution is 7.86. The summed E-state index contributed by atoms with van der Waals surface area (Å²) >= 11 is 0. The molecule has 2 aromatic rings. The second-order valence-corrected chi connectivity index (χ2v) is 9.79. The summed E-state index contributed by atoms with van der Waals surface area (Å²) in [6.45, 7) is 5.59. The number of hydrogen-bond donors (Lipinski definition) is 0. The summed E-state index contributed by atoms with van der Waals surface area (Å²) in [6.07, 6.45) is 1.87. The minimum absolute atomic E-state index is 0.0704. The zero-order chi connectivity index (χ0) is 21.6. The summed E-state index contributed by atoms with van der Waals surface area (Å²) in [6, 6.07) is 16.2. The van der Waals surface area contributed by atoms with Crippen molar-refractivity contribution in [1.29, 1.82) is 0 Å². The van der Waals surface area contributed by atoms with Gasteiger partial charge in [0.25, 0.3) is 10.1 Å². The van der Waals surface area contributed by atoms with Crippen LogP contribution < -0.4 is 0 Å². The molecule has 0 saturated carbocycles. The third kappa shape index (κ3) is 6.06. The zero-order valence-corrected chi connectivity index (χ0v) is 18.4. The monoisotopic (exact) mass is 431 g/mol. The minimum Gasteiger partial charge on any atom is -0.445 e. The second-order valence-electron chi connectivity index (χ2n) is 8.18. The molecule has 1 aliphatic rings. The van der Waals surface area contributed by atoms with Crippen molar-refractivity contribution >= 4 is 16.2 Å². The molecular weight excluding hydrogens is 402 g/mol. The maximum Gasteiger partial charge on any atom is 0.410 e. The number of carbonyl (C=O) groups excluding carboxylic acids is 1. The molecular formula is C23H29NO5S. The van der Waals surface area contributed by atoms with Gasteiger partial charge < -0.3 is 9.64 Å². The number of benzene rings is 2. The molecule has 3 rings (SSSR count). The zero-order valence-electron chi connectivity index (χ0n) is 17.5. The molecule has 0 N–H and O–H groups in total. The van der Waals surface area contributed by atoms with Crippen molar-refractivity contribution in [1.82, 2.24) is 4.90 Å². The first-order chi connectivity index (χ1) is 14.3. The molecule has 0 atom stereocenters. The number of piperidine rings is 1. The number of ether oxygens (including phenoxy) is 1. The second kappa shape index (κ2) is 9.62. The van der Waals surface area contributed by atoms with Gasteiger partial charge in [0, 0.05) is 13.1 Å². The first-order valence-corrected chi connectivity index (χ1v) is 11.6. The Hall–Kier alpha value is -2.38. The molecule has 0 aromatic heterocycles. The van der Waals surface area contributed by atoms with Crippen molar-refractivity contribution in [2.45, 2.75) is 44.6 Å². The van der Waals surface area contributed by atoms with Gasteiger partial charge in [-0.3, -0.25) is 4.18 Å². The van der Waals surface area contributed by atoms with E-state index in [1.54, 1.807) is 29.2 Å². The van der Waals surface area contributed by atoms with E-state index in [1.165, 1.54) is 0 Å². The van der Waals surface area contributed by atoms with E-state index in [-0.39, 0.29) is 29.6 Å². The molecule has 6 nitrogen and oxygen atoms in total. The van der Waals surface area contributed by atoms with Gasteiger partial charge in [-0.15, -0.1) is 0 Å². The number of likely N-dealkylation sites (tertiary alicyclic amines) is 1. The lowest BCUT2D eigenvalue weighted by molar-refractivity contribution is 0.0595. The lowest BCUT2D eigenvalue weighted by Crippen LogP contribution is -2.42. The third-order valence-electron chi connectivity index (χ3n) is 5.69. The van der Waals surface area contributed by atoms with E-state index in [0.29, 0.717) is 19.5 Å². The van der Waals surface area contributed by atoms with Crippen LogP contribution in [0.2, 0.25) is 0 Å². The average Bonchev–Trinajstić information content (AvgIpc) is 2.73. The topological polar surface area (TPSA) is 72.9 Å². The van der Waals surface area contributed by atoms with Gasteiger partial charge in [-0.05, 0) is 49.3 Å². The Morgan fingerprint density at radius 1 is 1.03 bits per heavy atom. The summed E-state index contributed by atoms with van der Waals surface area (Å²) in [5.74, 6) is 0. The molecule has 1 fully saturated rings. The molecule has 0 spiro atoms. The van der Waals surface area contributed by atoms with E-state index >= 15 is 0 Å². The van der Waals surface area contributed by atoms with E-state index < -0.39 is 10.1 Å². The van der Waals surface area contributed by atoms with Crippen molar-refractivity contribution in [3.8, 4) is 0 Å². The summed E-state index contributed by atoms with van der Waals surface area (Å²) in [7, 11) is -3.75. The third-order valence-corrected chi connectivity index (χ3v) is 7.01. The summed E-state index contributed by atoms with van der Waals surface area (Å²) in [5.41, 5.74) is 1.88. The fraction of sp³-hybridized carbons (Fsp3) is 0.435. The highest BCUT2D eigenvalue weighted by Gasteiger charge is 2.32. The molecule has 0 bridgehead atoms. The van der Waals surface area contributed by atoms with Crippen LogP contribution in [-0.2, 0) is 25.6 Å². The first-order valence-electron chi connectivity index (χ1n) is 10.2. The van der Waals surface area contributed by atoms with Crippen LogP contribution >= 0.6 is 0 Å². The van der Waals surface area contributed by atoms with Gasteiger partial charge in [0.05, 0.1) is 11.5 Å². The van der Waals surface area contributed by atoms with Crippen LogP contribution in [0.25, 0.3) is 0 Å². The van der Waals surface area contributed by atoms with Gasteiger partial charge in [0.1, 0.15) is 6.61 Å². The van der Waals surface area contributed by atoms with E-state index in [1.807, 2.05) is 37.3 Å². The molecule has 1 heterocycles. The van der Waals surface area contributed by atoms with E-state index in [2.05, 4.69) is 6.92 Å². The molecule has 2 aromatic carbocycles. The van der Waals surface area contributed by atoms with Crippen LogP contribution in [-0.4, -0.2) is 39.1 Å². The maximum atomic E-state index is 12.3. The maximum absolute atomic E-state index is 12.3. The SMILES string of the molecule is Cc1ccc(S(=O)(=O)OCCC2(C)CCN(C(=O)OCc3ccccc3)CC2)cc1. The predicted octanol–water partition coefficient (Wildman–Crippen LogP) is 4.53. The Bertz CT molecular complexity index is 933. The summed E-state index contributed by atoms with van der Waals surface area (Å²) in [5, 5.41) is 0. The van der Waals surface area contributed by atoms with Gasteiger partial charge in [-0.25, -0.2) is 4.79 Å². The van der Waals surface area contributed by atoms with Gasteiger partial charge in [0.2, 0.25) is 0 Å². The average molecular weight is 432 g/mol. The highest BCUT2D eigenvalue weighted by atomic mass is 32.2. The number of nitrogens with zero attached hydrogens (tertiary/aromatic N) is 1. The van der Waals surface area contributed by atoms with E-state index in [9.17, 15) is 13.2 Å². The molecule has 7 heteroatoms. The lowest BCUT2D eigenvalue weighted by atomic mass is 9.78. The van der Waals surface area contributed by atoms with Gasteiger partial charge in [-0.2, -0.15) is 8.42 Å². The number of amides is 1. The number of aryl methyl sites for hydroxylation is 1. The van der Waals surface area contributed by atoms with Gasteiger partial charge >= 0.3 is 6.09 Å². The molecule has 0 radical (unpaired) electrons. The highest BCUT2D eigenvalue weighted by Crippen LogP contribution is 2.35. The predicted molar refractivity (Wildman–Crippen MR) is 114 cm³/mol. The van der Waals surface area contributed by atoms with Crippen LogP contribution in [0.1, 0.15) is 37.3 Å². The van der Waals surface area contributed by atoms with Crippen LogP contribution in [0.5, 0.6) is 0 Å². The quantitative estimate of drug-likeness (QED) is 0.602. The van der Waals surface area contributed by atoms with Crippen LogP contribution in [0.4, 0.5) is 4.79 Å². The van der Waals surface area contributed by atoms with Crippen LogP contribution in [0.3, 0.4) is 0 Å². The van der Waals surface area contributed by atoms with Crippen LogP contribution in [0.15, 0.2) is 59.5 Å². The Morgan fingerprint density at radius 2 is 1.67 bits per heavy atom. The lowest BCUT2D eigenvalue weighted by Gasteiger charge is -2.38. The molecule has 0 aliphatic carbocycles. The van der Waals surface area contributed by atoms with Crippen molar-refractivity contribution < 1.29 is 22.1 Å². The smallest absolute Gasteiger partial charge is 0.410 e. The Balaban J connectivity index is 1.43. The Labute approximate surface area is 178 Å². The molecule has 1 saturated heterocycles. The molecule has 0 unspecified atom stereocenters. The fourth-order valence-electron chi connectivity index (χ4n) is 3.46. The molecule has 30 heavy (non-hydrogen) atoms. The van der Waals surface area contributed by atoms with Crippen molar-refractivity contribution in [2.75, 3.05) is 19.7 Å². The molecule has 1 aliphatic heterocycles. The molecule has 1 amide bonds. The van der Waals surface area contributed by atoms with Gasteiger partial charge in [0.15, 0.2) is 0 Å². The number of hydrogen-bond acceptors (Lipinski definition) is 5. The fourth-order valence-corrected chi connectivity index (χ4v) is 4.37. The summed E-state index contributed by atoms with van der Waals surface area (Å²) < 4.78 is 35.3. The Kier molecular flexibility index (Phi) is 7.15. The summed E-state index contributed by atoms with van der Waals surface area (Å²) in [4.78, 5) is 14.2. The van der Waals surface area contributed by atoms with Crippen molar-refractivity contribution in [3.63, 3.8) is 0 Å². The van der Waals surface area contributed by atoms with Crippen LogP contribution in [0, 0.1) is 12.3 Å². The largest absolute Gasteiger partial charge is 0.445 e. The van der Waals surface area contributed by atoms with E-state index in [4.69, 9.17) is 8.92 Å². The number of rotatable bonds is 7.